The average molecular weight is 264 g/mol. The Bertz CT molecular complexity index is 448. The van der Waals surface area contributed by atoms with Gasteiger partial charge in [-0.05, 0) is 19.5 Å². The van der Waals surface area contributed by atoms with Crippen molar-refractivity contribution in [3.05, 3.63) is 29.3 Å². The summed E-state index contributed by atoms with van der Waals surface area (Å²) < 4.78 is 10.8. The Morgan fingerprint density at radius 1 is 1.53 bits per heavy atom. The van der Waals surface area contributed by atoms with Crippen molar-refractivity contribution in [2.75, 3.05) is 19.7 Å². The molecule has 1 unspecified atom stereocenters. The second kappa shape index (κ2) is 6.43. The van der Waals surface area contributed by atoms with Crippen molar-refractivity contribution < 1.29 is 14.3 Å². The summed E-state index contributed by atoms with van der Waals surface area (Å²) in [5, 5.41) is 5.90. The molecule has 2 N–H and O–H groups in total. The first kappa shape index (κ1) is 13.7. The number of carbonyl (C=O) groups excluding carboxylic acids is 1. The molecule has 0 bridgehead atoms. The smallest absolute Gasteiger partial charge is 0.407 e. The highest BCUT2D eigenvalue weighted by Crippen LogP contribution is 2.20. The van der Waals surface area contributed by atoms with Gasteiger partial charge in [0.2, 0.25) is 0 Å². The first-order valence-corrected chi connectivity index (χ1v) is 6.56. The molecule has 5 heteroatoms. The Balaban J connectivity index is 1.96. The van der Waals surface area contributed by atoms with Crippen molar-refractivity contribution in [1.82, 2.24) is 10.6 Å². The molecule has 1 atom stereocenters. The molecule has 1 aliphatic rings. The Hall–Kier alpha value is -1.75. The average Bonchev–Trinajstić information content (AvgIpc) is 2.81. The van der Waals surface area contributed by atoms with E-state index in [2.05, 4.69) is 30.5 Å². The highest BCUT2D eigenvalue weighted by atomic mass is 16.6. The van der Waals surface area contributed by atoms with Gasteiger partial charge in [-0.1, -0.05) is 24.6 Å². The van der Waals surface area contributed by atoms with Gasteiger partial charge >= 0.3 is 6.09 Å². The number of carbonyl (C=O) groups is 1. The number of hydrogen-bond donors (Lipinski definition) is 2. The Morgan fingerprint density at radius 3 is 3.05 bits per heavy atom. The van der Waals surface area contributed by atoms with Gasteiger partial charge in [-0.3, -0.25) is 0 Å². The maximum absolute atomic E-state index is 10.9. The number of nitrogens with one attached hydrogen (secondary N) is 2. The predicted molar refractivity (Wildman–Crippen MR) is 72.3 cm³/mol. The summed E-state index contributed by atoms with van der Waals surface area (Å²) in [6, 6.07) is 6.09. The number of ether oxygens (including phenoxy) is 2. The third-order valence-corrected chi connectivity index (χ3v) is 2.95. The molecule has 0 spiro atoms. The van der Waals surface area contributed by atoms with Crippen LogP contribution in [0.1, 0.15) is 18.1 Å². The van der Waals surface area contributed by atoms with Crippen LogP contribution >= 0.6 is 0 Å². The molecule has 1 aliphatic heterocycles. The lowest BCUT2D eigenvalue weighted by Gasteiger charge is -2.14. The van der Waals surface area contributed by atoms with E-state index in [4.69, 9.17) is 9.47 Å². The normalized spacial score (nSPS) is 18.0. The number of cyclic esters (lactones) is 1. The lowest BCUT2D eigenvalue weighted by molar-refractivity contribution is 0.104. The van der Waals surface area contributed by atoms with Gasteiger partial charge in [-0.15, -0.1) is 0 Å². The monoisotopic (exact) mass is 264 g/mol. The maximum atomic E-state index is 10.9. The number of aryl methyl sites for hydroxylation is 1. The molecular weight excluding hydrogens is 244 g/mol. The summed E-state index contributed by atoms with van der Waals surface area (Å²) in [5.74, 6) is 0.842. The Morgan fingerprint density at radius 2 is 2.37 bits per heavy atom. The van der Waals surface area contributed by atoms with Crippen molar-refractivity contribution in [3.63, 3.8) is 0 Å². The molecule has 0 aromatic heterocycles. The van der Waals surface area contributed by atoms with Crippen LogP contribution in [-0.4, -0.2) is 31.9 Å². The van der Waals surface area contributed by atoms with Gasteiger partial charge in [0.05, 0.1) is 6.54 Å². The number of benzene rings is 1. The summed E-state index contributed by atoms with van der Waals surface area (Å²) >= 11 is 0. The second-order valence-electron chi connectivity index (χ2n) is 4.61. The maximum Gasteiger partial charge on any atom is 0.407 e. The lowest BCUT2D eigenvalue weighted by atomic mass is 10.1. The zero-order chi connectivity index (χ0) is 13.7. The summed E-state index contributed by atoms with van der Waals surface area (Å²) in [5.41, 5.74) is 2.33. The fourth-order valence-electron chi connectivity index (χ4n) is 1.95. The van der Waals surface area contributed by atoms with E-state index in [-0.39, 0.29) is 12.2 Å². The number of rotatable bonds is 6. The van der Waals surface area contributed by atoms with E-state index in [1.165, 1.54) is 5.56 Å². The van der Waals surface area contributed by atoms with E-state index < -0.39 is 0 Å². The predicted octanol–water partition coefficient (Wildman–Crippen LogP) is 1.59. The number of amides is 1. The topological polar surface area (TPSA) is 59.6 Å². The van der Waals surface area contributed by atoms with Crippen molar-refractivity contribution in [3.8, 4) is 5.75 Å². The quantitative estimate of drug-likeness (QED) is 0.819. The minimum atomic E-state index is -0.370. The minimum Gasteiger partial charge on any atom is -0.489 e. The van der Waals surface area contributed by atoms with Crippen LogP contribution in [0.5, 0.6) is 5.75 Å². The molecule has 1 fully saturated rings. The molecule has 1 aromatic rings. The minimum absolute atomic E-state index is 0.208. The van der Waals surface area contributed by atoms with Crippen LogP contribution in [0.2, 0.25) is 0 Å². The molecule has 0 radical (unpaired) electrons. The van der Waals surface area contributed by atoms with E-state index in [9.17, 15) is 4.79 Å². The molecule has 1 aromatic carbocycles. The molecule has 1 amide bonds. The van der Waals surface area contributed by atoms with Gasteiger partial charge in [0.25, 0.3) is 0 Å². The summed E-state index contributed by atoms with van der Waals surface area (Å²) in [4.78, 5) is 10.9. The van der Waals surface area contributed by atoms with E-state index in [1.807, 2.05) is 12.1 Å². The van der Waals surface area contributed by atoms with Crippen LogP contribution in [0.25, 0.3) is 0 Å². The molecule has 0 aliphatic carbocycles. The summed E-state index contributed by atoms with van der Waals surface area (Å²) in [6.45, 7) is 6.70. The summed E-state index contributed by atoms with van der Waals surface area (Å²) in [6.07, 6.45) is -0.578. The molecule has 104 valence electrons. The first-order valence-electron chi connectivity index (χ1n) is 6.56. The Labute approximate surface area is 113 Å². The van der Waals surface area contributed by atoms with E-state index >= 15 is 0 Å². The van der Waals surface area contributed by atoms with E-state index in [0.717, 1.165) is 24.4 Å². The van der Waals surface area contributed by atoms with E-state index in [1.54, 1.807) is 0 Å². The Kier molecular flexibility index (Phi) is 4.63. The summed E-state index contributed by atoms with van der Waals surface area (Å²) in [7, 11) is 0. The van der Waals surface area contributed by atoms with Crippen molar-refractivity contribution >= 4 is 6.09 Å². The van der Waals surface area contributed by atoms with Crippen LogP contribution in [0, 0.1) is 6.92 Å². The third-order valence-electron chi connectivity index (χ3n) is 2.95. The first-order chi connectivity index (χ1) is 9.19. The molecule has 2 rings (SSSR count). The fraction of sp³-hybridized carbons (Fsp3) is 0.500. The van der Waals surface area contributed by atoms with E-state index in [0.29, 0.717) is 13.2 Å². The van der Waals surface area contributed by atoms with Crippen LogP contribution in [0.15, 0.2) is 18.2 Å². The van der Waals surface area contributed by atoms with Crippen LogP contribution in [0.3, 0.4) is 0 Å². The lowest BCUT2D eigenvalue weighted by Crippen LogP contribution is -2.22. The largest absolute Gasteiger partial charge is 0.489 e. The van der Waals surface area contributed by atoms with Crippen LogP contribution < -0.4 is 15.4 Å². The highest BCUT2D eigenvalue weighted by molar-refractivity contribution is 5.69. The molecule has 19 heavy (non-hydrogen) atoms. The standard InChI is InChI=1S/C14H20N2O3/c1-3-15-7-11-6-10(2)4-5-13(11)18-9-12-8-16-14(17)19-12/h4-6,12,15H,3,7-9H2,1-2H3,(H,16,17). The molecule has 1 heterocycles. The van der Waals surface area contributed by atoms with Crippen LogP contribution in [0.4, 0.5) is 4.79 Å². The highest BCUT2D eigenvalue weighted by Gasteiger charge is 2.23. The SMILES string of the molecule is CCNCc1cc(C)ccc1OCC1CNC(=O)O1. The van der Waals surface area contributed by atoms with Crippen molar-refractivity contribution in [1.29, 1.82) is 0 Å². The molecular formula is C14H20N2O3. The second-order valence-corrected chi connectivity index (χ2v) is 4.61. The van der Waals surface area contributed by atoms with Gasteiger partial charge in [0.1, 0.15) is 12.4 Å². The van der Waals surface area contributed by atoms with Crippen molar-refractivity contribution in [2.45, 2.75) is 26.5 Å². The van der Waals surface area contributed by atoms with Gasteiger partial charge < -0.3 is 20.1 Å². The number of alkyl carbamates (subject to hydrolysis) is 1. The fourth-order valence-corrected chi connectivity index (χ4v) is 1.95. The van der Waals surface area contributed by atoms with Gasteiger partial charge in [0, 0.05) is 12.1 Å². The van der Waals surface area contributed by atoms with Crippen LogP contribution in [-0.2, 0) is 11.3 Å². The molecule has 0 saturated carbocycles. The zero-order valence-electron chi connectivity index (χ0n) is 11.4. The number of hydrogen-bond acceptors (Lipinski definition) is 4. The zero-order valence-corrected chi connectivity index (χ0v) is 11.4. The van der Waals surface area contributed by atoms with Gasteiger partial charge in [0.15, 0.2) is 6.10 Å². The van der Waals surface area contributed by atoms with Gasteiger partial charge in [-0.2, -0.15) is 0 Å². The third kappa shape index (κ3) is 3.86. The van der Waals surface area contributed by atoms with Gasteiger partial charge in [-0.25, -0.2) is 4.79 Å². The molecule has 1 saturated heterocycles. The molecule has 5 nitrogen and oxygen atoms in total. The van der Waals surface area contributed by atoms with Crippen molar-refractivity contribution in [2.24, 2.45) is 0 Å².